The van der Waals surface area contributed by atoms with Crippen LogP contribution in [0.4, 0.5) is 8.78 Å². The van der Waals surface area contributed by atoms with E-state index in [9.17, 15) is 8.78 Å². The van der Waals surface area contributed by atoms with Gasteiger partial charge in [-0.2, -0.15) is 0 Å². The van der Waals surface area contributed by atoms with Crippen molar-refractivity contribution in [2.75, 3.05) is 0 Å². The molecule has 1 atom stereocenters. The van der Waals surface area contributed by atoms with Crippen molar-refractivity contribution in [1.29, 1.82) is 0 Å². The van der Waals surface area contributed by atoms with Gasteiger partial charge in [-0.15, -0.1) is 12.4 Å². The zero-order valence-electron chi connectivity index (χ0n) is 8.25. The molecule has 1 aromatic carbocycles. The molecular formula is C11H14ClF2N. The SMILES string of the molecule is Cl.N[C@@H](c1c(F)cccc1F)C1CCC1. The monoisotopic (exact) mass is 233 g/mol. The molecule has 0 heterocycles. The minimum absolute atomic E-state index is 0. The summed E-state index contributed by atoms with van der Waals surface area (Å²) in [5.74, 6) is -0.796. The summed E-state index contributed by atoms with van der Waals surface area (Å²) in [6, 6.07) is 3.40. The normalized spacial score (nSPS) is 17.8. The number of halogens is 3. The van der Waals surface area contributed by atoms with Crippen molar-refractivity contribution >= 4 is 12.4 Å². The summed E-state index contributed by atoms with van der Waals surface area (Å²) >= 11 is 0. The summed E-state index contributed by atoms with van der Waals surface area (Å²) in [7, 11) is 0. The fourth-order valence-corrected chi connectivity index (χ4v) is 1.86. The second kappa shape index (κ2) is 4.90. The fraction of sp³-hybridized carbons (Fsp3) is 0.455. The van der Waals surface area contributed by atoms with Crippen LogP contribution in [-0.4, -0.2) is 0 Å². The molecule has 2 N–H and O–H groups in total. The molecular weight excluding hydrogens is 220 g/mol. The van der Waals surface area contributed by atoms with Crippen molar-refractivity contribution in [3.8, 4) is 0 Å². The highest BCUT2D eigenvalue weighted by Crippen LogP contribution is 2.37. The number of rotatable bonds is 2. The lowest BCUT2D eigenvalue weighted by Crippen LogP contribution is -2.28. The first-order valence-corrected chi connectivity index (χ1v) is 4.89. The van der Waals surface area contributed by atoms with Crippen molar-refractivity contribution in [2.45, 2.75) is 25.3 Å². The molecule has 1 fully saturated rings. The molecule has 4 heteroatoms. The van der Waals surface area contributed by atoms with Crippen molar-refractivity contribution in [1.82, 2.24) is 0 Å². The molecule has 0 spiro atoms. The van der Waals surface area contributed by atoms with Gasteiger partial charge in [0.2, 0.25) is 0 Å². The van der Waals surface area contributed by atoms with Gasteiger partial charge >= 0.3 is 0 Å². The van der Waals surface area contributed by atoms with Crippen LogP contribution in [0, 0.1) is 17.6 Å². The van der Waals surface area contributed by atoms with Gasteiger partial charge in [0.15, 0.2) is 0 Å². The average Bonchev–Trinajstić information content (AvgIpc) is 2.00. The highest BCUT2D eigenvalue weighted by atomic mass is 35.5. The Balaban J connectivity index is 0.00000112. The maximum absolute atomic E-state index is 13.3. The largest absolute Gasteiger partial charge is 0.324 e. The summed E-state index contributed by atoms with van der Waals surface area (Å²) in [5, 5.41) is 0. The summed E-state index contributed by atoms with van der Waals surface area (Å²) in [4.78, 5) is 0. The number of hydrogen-bond acceptors (Lipinski definition) is 1. The Morgan fingerprint density at radius 3 is 2.13 bits per heavy atom. The van der Waals surface area contributed by atoms with E-state index in [4.69, 9.17) is 5.73 Å². The molecule has 0 radical (unpaired) electrons. The van der Waals surface area contributed by atoms with Gasteiger partial charge in [0.05, 0.1) is 0 Å². The van der Waals surface area contributed by atoms with Crippen molar-refractivity contribution < 1.29 is 8.78 Å². The Kier molecular flexibility index (Phi) is 4.05. The van der Waals surface area contributed by atoms with Crippen LogP contribution in [0.3, 0.4) is 0 Å². The van der Waals surface area contributed by atoms with Gasteiger partial charge in [-0.05, 0) is 30.9 Å². The third kappa shape index (κ3) is 2.29. The van der Waals surface area contributed by atoms with Gasteiger partial charge in [0.25, 0.3) is 0 Å². The molecule has 15 heavy (non-hydrogen) atoms. The van der Waals surface area contributed by atoms with E-state index in [0.717, 1.165) is 19.3 Å². The first-order chi connectivity index (χ1) is 6.70. The molecule has 0 unspecified atom stereocenters. The van der Waals surface area contributed by atoms with E-state index in [0.29, 0.717) is 0 Å². The van der Waals surface area contributed by atoms with Gasteiger partial charge in [0, 0.05) is 11.6 Å². The number of nitrogens with two attached hydrogens (primary N) is 1. The Labute approximate surface area is 94.1 Å². The number of benzene rings is 1. The lowest BCUT2D eigenvalue weighted by molar-refractivity contribution is 0.256. The maximum atomic E-state index is 13.3. The predicted octanol–water partition coefficient (Wildman–Crippen LogP) is 3.19. The maximum Gasteiger partial charge on any atom is 0.130 e. The van der Waals surface area contributed by atoms with Gasteiger partial charge < -0.3 is 5.73 Å². The molecule has 0 aromatic heterocycles. The van der Waals surface area contributed by atoms with Crippen molar-refractivity contribution in [2.24, 2.45) is 11.7 Å². The zero-order chi connectivity index (χ0) is 10.1. The van der Waals surface area contributed by atoms with Crippen LogP contribution in [0.25, 0.3) is 0 Å². The first kappa shape index (κ1) is 12.4. The van der Waals surface area contributed by atoms with Crippen LogP contribution < -0.4 is 5.73 Å². The van der Waals surface area contributed by atoms with Crippen LogP contribution in [0.5, 0.6) is 0 Å². The molecule has 2 rings (SSSR count). The summed E-state index contributed by atoms with van der Waals surface area (Å²) < 4.78 is 26.6. The second-order valence-corrected chi connectivity index (χ2v) is 3.85. The lowest BCUT2D eigenvalue weighted by atomic mass is 9.77. The van der Waals surface area contributed by atoms with E-state index in [1.807, 2.05) is 0 Å². The molecule has 1 saturated carbocycles. The molecule has 0 aliphatic heterocycles. The molecule has 1 aliphatic carbocycles. The molecule has 0 saturated heterocycles. The van der Waals surface area contributed by atoms with E-state index in [1.54, 1.807) is 0 Å². The van der Waals surface area contributed by atoms with Crippen LogP contribution in [0.1, 0.15) is 30.9 Å². The average molecular weight is 234 g/mol. The summed E-state index contributed by atoms with van der Waals surface area (Å²) in [5.41, 5.74) is 5.87. The van der Waals surface area contributed by atoms with E-state index < -0.39 is 17.7 Å². The van der Waals surface area contributed by atoms with Crippen LogP contribution in [0.2, 0.25) is 0 Å². The molecule has 0 bridgehead atoms. The topological polar surface area (TPSA) is 26.0 Å². The fourth-order valence-electron chi connectivity index (χ4n) is 1.86. The second-order valence-electron chi connectivity index (χ2n) is 3.85. The summed E-state index contributed by atoms with van der Waals surface area (Å²) in [6.45, 7) is 0. The van der Waals surface area contributed by atoms with Crippen molar-refractivity contribution in [3.05, 3.63) is 35.4 Å². The van der Waals surface area contributed by atoms with Gasteiger partial charge in [-0.25, -0.2) is 8.78 Å². The van der Waals surface area contributed by atoms with E-state index in [-0.39, 0.29) is 23.9 Å². The standard InChI is InChI=1S/C11H13F2N.ClH/c12-8-5-2-6-9(13)10(8)11(14)7-3-1-4-7;/h2,5-7,11H,1,3-4,14H2;1H/t11-;/m1./s1. The van der Waals surface area contributed by atoms with Gasteiger partial charge in [0.1, 0.15) is 11.6 Å². The first-order valence-electron chi connectivity index (χ1n) is 4.89. The highest BCUT2D eigenvalue weighted by Gasteiger charge is 2.29. The minimum atomic E-state index is -0.524. The molecule has 0 amide bonds. The van der Waals surface area contributed by atoms with Crippen LogP contribution in [-0.2, 0) is 0 Å². The Hall–Kier alpha value is -0.670. The van der Waals surface area contributed by atoms with Crippen molar-refractivity contribution in [3.63, 3.8) is 0 Å². The minimum Gasteiger partial charge on any atom is -0.324 e. The third-order valence-electron chi connectivity index (χ3n) is 2.99. The predicted molar refractivity (Wildman–Crippen MR) is 57.9 cm³/mol. The Morgan fingerprint density at radius 2 is 1.73 bits per heavy atom. The van der Waals surface area contributed by atoms with Crippen LogP contribution in [0.15, 0.2) is 18.2 Å². The zero-order valence-corrected chi connectivity index (χ0v) is 9.07. The highest BCUT2D eigenvalue weighted by molar-refractivity contribution is 5.85. The quantitative estimate of drug-likeness (QED) is 0.834. The molecule has 1 aliphatic rings. The Morgan fingerprint density at radius 1 is 1.20 bits per heavy atom. The van der Waals surface area contributed by atoms with Gasteiger partial charge in [-0.3, -0.25) is 0 Å². The smallest absolute Gasteiger partial charge is 0.130 e. The van der Waals surface area contributed by atoms with Crippen LogP contribution >= 0.6 is 12.4 Å². The van der Waals surface area contributed by atoms with E-state index in [2.05, 4.69) is 0 Å². The third-order valence-corrected chi connectivity index (χ3v) is 2.99. The lowest BCUT2D eigenvalue weighted by Gasteiger charge is -2.31. The number of hydrogen-bond donors (Lipinski definition) is 1. The summed E-state index contributed by atoms with van der Waals surface area (Å²) in [6.07, 6.45) is 3.08. The van der Waals surface area contributed by atoms with E-state index in [1.165, 1.54) is 18.2 Å². The van der Waals surface area contributed by atoms with Gasteiger partial charge in [-0.1, -0.05) is 12.5 Å². The van der Waals surface area contributed by atoms with E-state index >= 15 is 0 Å². The Bertz CT molecular complexity index is 319. The molecule has 1 aromatic rings. The molecule has 84 valence electrons. The molecule has 1 nitrogen and oxygen atoms in total.